The number of nitrogen functional groups attached to an aromatic ring is 1. The fraction of sp³-hybridized carbons (Fsp3) is 0.200. The second kappa shape index (κ2) is 4.41. The van der Waals surface area contributed by atoms with Gasteiger partial charge in [-0.25, -0.2) is 0 Å². The molecule has 0 bridgehead atoms. The molecule has 0 radical (unpaired) electrons. The standard InChI is InChI=1S/C10H13N3O/c1-13(2)10(14)7-12-9-5-3-4-8(11)6-9/h3-7H,11H2,1-2H3/b12-7+. The summed E-state index contributed by atoms with van der Waals surface area (Å²) in [5.74, 6) is -0.146. The lowest BCUT2D eigenvalue weighted by atomic mass is 10.3. The highest BCUT2D eigenvalue weighted by Gasteiger charge is 1.97. The van der Waals surface area contributed by atoms with Crippen LogP contribution in [-0.2, 0) is 4.79 Å². The zero-order valence-corrected chi connectivity index (χ0v) is 8.27. The Morgan fingerprint density at radius 2 is 2.21 bits per heavy atom. The largest absolute Gasteiger partial charge is 0.399 e. The van der Waals surface area contributed by atoms with Crippen LogP contribution in [0.5, 0.6) is 0 Å². The molecule has 0 aromatic heterocycles. The van der Waals surface area contributed by atoms with Crippen LogP contribution in [0.15, 0.2) is 29.3 Å². The molecule has 1 aromatic carbocycles. The molecule has 0 saturated heterocycles. The zero-order valence-electron chi connectivity index (χ0n) is 8.27. The molecule has 0 aliphatic rings. The maximum Gasteiger partial charge on any atom is 0.264 e. The van der Waals surface area contributed by atoms with Crippen molar-refractivity contribution in [3.8, 4) is 0 Å². The highest BCUT2D eigenvalue weighted by molar-refractivity contribution is 6.26. The minimum Gasteiger partial charge on any atom is -0.399 e. The molecular weight excluding hydrogens is 178 g/mol. The van der Waals surface area contributed by atoms with Crippen molar-refractivity contribution in [2.45, 2.75) is 0 Å². The van der Waals surface area contributed by atoms with Crippen LogP contribution >= 0.6 is 0 Å². The third-order valence-corrected chi connectivity index (χ3v) is 1.64. The SMILES string of the molecule is CN(C)C(=O)/C=N/c1cccc(N)c1. The fourth-order valence-corrected chi connectivity index (χ4v) is 0.850. The van der Waals surface area contributed by atoms with Gasteiger partial charge in [-0.15, -0.1) is 0 Å². The molecule has 4 nitrogen and oxygen atoms in total. The van der Waals surface area contributed by atoms with Gasteiger partial charge in [-0.3, -0.25) is 9.79 Å². The first-order valence-electron chi connectivity index (χ1n) is 4.20. The van der Waals surface area contributed by atoms with Gasteiger partial charge in [-0.2, -0.15) is 0 Å². The Kier molecular flexibility index (Phi) is 3.23. The molecule has 0 atom stereocenters. The first-order valence-corrected chi connectivity index (χ1v) is 4.20. The lowest BCUT2D eigenvalue weighted by Crippen LogP contribution is -2.22. The normalized spacial score (nSPS) is 10.4. The summed E-state index contributed by atoms with van der Waals surface area (Å²) in [5, 5.41) is 0. The molecule has 0 aliphatic carbocycles. The molecule has 14 heavy (non-hydrogen) atoms. The number of carbonyl (C=O) groups is 1. The lowest BCUT2D eigenvalue weighted by Gasteiger charge is -2.04. The van der Waals surface area contributed by atoms with E-state index in [1.807, 2.05) is 0 Å². The summed E-state index contributed by atoms with van der Waals surface area (Å²) in [6, 6.07) is 7.06. The predicted molar refractivity (Wildman–Crippen MR) is 57.7 cm³/mol. The zero-order chi connectivity index (χ0) is 10.6. The average Bonchev–Trinajstić information content (AvgIpc) is 2.14. The number of carbonyl (C=O) groups excluding carboxylic acids is 1. The van der Waals surface area contributed by atoms with Crippen LogP contribution in [0.2, 0.25) is 0 Å². The van der Waals surface area contributed by atoms with E-state index in [1.54, 1.807) is 38.4 Å². The number of benzene rings is 1. The summed E-state index contributed by atoms with van der Waals surface area (Å²) in [5.41, 5.74) is 6.87. The van der Waals surface area contributed by atoms with Gasteiger partial charge in [0.2, 0.25) is 0 Å². The van der Waals surface area contributed by atoms with Gasteiger partial charge in [0.15, 0.2) is 0 Å². The number of anilines is 1. The summed E-state index contributed by atoms with van der Waals surface area (Å²) in [7, 11) is 3.35. The van der Waals surface area contributed by atoms with Gasteiger partial charge in [-0.1, -0.05) is 6.07 Å². The van der Waals surface area contributed by atoms with Crippen LogP contribution in [0.1, 0.15) is 0 Å². The van der Waals surface area contributed by atoms with E-state index < -0.39 is 0 Å². The molecule has 74 valence electrons. The molecule has 1 rings (SSSR count). The Bertz CT molecular complexity index is 358. The smallest absolute Gasteiger partial charge is 0.264 e. The van der Waals surface area contributed by atoms with Crippen molar-refractivity contribution < 1.29 is 4.79 Å². The molecule has 1 aromatic rings. The Hall–Kier alpha value is -1.84. The van der Waals surface area contributed by atoms with Crippen LogP contribution in [0.25, 0.3) is 0 Å². The maximum atomic E-state index is 11.1. The molecule has 4 heteroatoms. The van der Waals surface area contributed by atoms with Crippen LogP contribution in [0.3, 0.4) is 0 Å². The van der Waals surface area contributed by atoms with E-state index in [4.69, 9.17) is 5.73 Å². The Balaban J connectivity index is 2.74. The molecule has 1 amide bonds. The van der Waals surface area contributed by atoms with Crippen molar-refractivity contribution in [2.24, 2.45) is 4.99 Å². The first kappa shape index (κ1) is 10.2. The van der Waals surface area contributed by atoms with Gasteiger partial charge < -0.3 is 10.6 Å². The van der Waals surface area contributed by atoms with E-state index in [0.717, 1.165) is 0 Å². The number of aliphatic imine (C=N–C) groups is 1. The Morgan fingerprint density at radius 3 is 2.79 bits per heavy atom. The van der Waals surface area contributed by atoms with Crippen LogP contribution in [0, 0.1) is 0 Å². The van der Waals surface area contributed by atoms with Crippen molar-refractivity contribution >= 4 is 23.5 Å². The second-order valence-corrected chi connectivity index (χ2v) is 3.09. The van der Waals surface area contributed by atoms with Crippen LogP contribution < -0.4 is 5.73 Å². The first-order chi connectivity index (χ1) is 6.59. The van der Waals surface area contributed by atoms with Gasteiger partial charge in [0, 0.05) is 19.8 Å². The Labute approximate surface area is 83.0 Å². The maximum absolute atomic E-state index is 11.1. The van der Waals surface area contributed by atoms with Crippen molar-refractivity contribution in [2.75, 3.05) is 19.8 Å². The minimum atomic E-state index is -0.146. The summed E-state index contributed by atoms with van der Waals surface area (Å²) >= 11 is 0. The summed E-state index contributed by atoms with van der Waals surface area (Å²) in [4.78, 5) is 16.6. The van der Waals surface area contributed by atoms with E-state index in [-0.39, 0.29) is 5.91 Å². The van der Waals surface area contributed by atoms with Gasteiger partial charge >= 0.3 is 0 Å². The monoisotopic (exact) mass is 191 g/mol. The number of hydrogen-bond acceptors (Lipinski definition) is 3. The highest BCUT2D eigenvalue weighted by Crippen LogP contribution is 2.14. The summed E-state index contributed by atoms with van der Waals surface area (Å²) in [6.07, 6.45) is 1.27. The number of rotatable bonds is 2. The van der Waals surface area contributed by atoms with Crippen molar-refractivity contribution in [3.05, 3.63) is 24.3 Å². The quantitative estimate of drug-likeness (QED) is 0.561. The summed E-state index contributed by atoms with van der Waals surface area (Å²) < 4.78 is 0. The molecule has 0 fully saturated rings. The van der Waals surface area contributed by atoms with E-state index in [0.29, 0.717) is 11.4 Å². The van der Waals surface area contributed by atoms with Gasteiger partial charge in [-0.05, 0) is 18.2 Å². The number of nitrogens with zero attached hydrogens (tertiary/aromatic N) is 2. The fourth-order valence-electron chi connectivity index (χ4n) is 0.850. The molecular formula is C10H13N3O. The lowest BCUT2D eigenvalue weighted by molar-refractivity contribution is -0.121. The molecule has 0 unspecified atom stereocenters. The molecule has 0 aliphatic heterocycles. The van der Waals surface area contributed by atoms with Gasteiger partial charge in [0.1, 0.15) is 0 Å². The number of hydrogen-bond donors (Lipinski definition) is 1. The van der Waals surface area contributed by atoms with Gasteiger partial charge in [0.25, 0.3) is 5.91 Å². The van der Waals surface area contributed by atoms with Crippen LogP contribution in [0.4, 0.5) is 11.4 Å². The minimum absolute atomic E-state index is 0.146. The third kappa shape index (κ3) is 2.90. The summed E-state index contributed by atoms with van der Waals surface area (Å²) in [6.45, 7) is 0. The van der Waals surface area contributed by atoms with E-state index in [1.165, 1.54) is 11.1 Å². The molecule has 0 spiro atoms. The van der Waals surface area contributed by atoms with E-state index in [9.17, 15) is 4.79 Å². The van der Waals surface area contributed by atoms with Crippen molar-refractivity contribution in [3.63, 3.8) is 0 Å². The van der Waals surface area contributed by atoms with E-state index >= 15 is 0 Å². The molecule has 0 heterocycles. The number of amides is 1. The Morgan fingerprint density at radius 1 is 1.50 bits per heavy atom. The predicted octanol–water partition coefficient (Wildman–Crippen LogP) is 1.06. The number of nitrogens with two attached hydrogens (primary N) is 1. The van der Waals surface area contributed by atoms with Crippen LogP contribution in [-0.4, -0.2) is 31.1 Å². The van der Waals surface area contributed by atoms with Gasteiger partial charge in [0.05, 0.1) is 11.9 Å². The average molecular weight is 191 g/mol. The third-order valence-electron chi connectivity index (χ3n) is 1.64. The topological polar surface area (TPSA) is 58.7 Å². The van der Waals surface area contributed by atoms with Crippen molar-refractivity contribution in [1.82, 2.24) is 4.90 Å². The molecule has 0 saturated carbocycles. The molecule has 2 N–H and O–H groups in total. The van der Waals surface area contributed by atoms with Crippen molar-refractivity contribution in [1.29, 1.82) is 0 Å². The highest BCUT2D eigenvalue weighted by atomic mass is 16.2. The second-order valence-electron chi connectivity index (χ2n) is 3.09. The van der Waals surface area contributed by atoms with E-state index in [2.05, 4.69) is 4.99 Å².